The Morgan fingerprint density at radius 3 is 2.79 bits per heavy atom. The van der Waals surface area contributed by atoms with Crippen molar-refractivity contribution < 1.29 is 9.47 Å². The van der Waals surface area contributed by atoms with Crippen LogP contribution in [0.3, 0.4) is 0 Å². The van der Waals surface area contributed by atoms with Gasteiger partial charge in [-0.1, -0.05) is 13.0 Å². The van der Waals surface area contributed by atoms with Crippen molar-refractivity contribution in [3.05, 3.63) is 40.6 Å². The van der Waals surface area contributed by atoms with Gasteiger partial charge >= 0.3 is 0 Å². The van der Waals surface area contributed by atoms with Gasteiger partial charge in [0, 0.05) is 36.1 Å². The van der Waals surface area contributed by atoms with E-state index in [0.717, 1.165) is 62.2 Å². The lowest BCUT2D eigenvalue weighted by molar-refractivity contribution is 0.297. The van der Waals surface area contributed by atoms with Gasteiger partial charge in [0.25, 0.3) is 0 Å². The molecule has 0 unspecified atom stereocenters. The molecule has 0 spiro atoms. The molecule has 2 aromatic rings. The quantitative estimate of drug-likeness (QED) is 0.306. The van der Waals surface area contributed by atoms with Gasteiger partial charge in [-0.3, -0.25) is 4.99 Å². The molecule has 160 valence electrons. The number of rotatable bonds is 8. The van der Waals surface area contributed by atoms with E-state index in [9.17, 15) is 0 Å². The van der Waals surface area contributed by atoms with E-state index < -0.39 is 0 Å². The number of fused-ring (bicyclic) bond motifs is 1. The minimum absolute atomic E-state index is 0. The molecule has 8 heteroatoms. The van der Waals surface area contributed by atoms with Crippen molar-refractivity contribution in [1.29, 1.82) is 0 Å². The Balaban J connectivity index is 0.00000300. The van der Waals surface area contributed by atoms with Gasteiger partial charge in [0.05, 0.1) is 19.8 Å². The largest absolute Gasteiger partial charge is 0.490 e. The maximum absolute atomic E-state index is 5.80. The highest BCUT2D eigenvalue weighted by molar-refractivity contribution is 14.0. The van der Waals surface area contributed by atoms with Crippen molar-refractivity contribution in [2.75, 3.05) is 51.8 Å². The van der Waals surface area contributed by atoms with Crippen molar-refractivity contribution in [2.45, 2.75) is 19.8 Å². The molecule has 0 fully saturated rings. The summed E-state index contributed by atoms with van der Waals surface area (Å²) in [6.07, 6.45) is 1.88. The SMILES string of the molecule is CCN(C)CCN=C(NCCc1cccs1)Nc1ccc2c(c1)OCCCO2.I. The normalized spacial score (nSPS) is 13.6. The first-order valence-corrected chi connectivity index (χ1v) is 10.8. The molecule has 0 radical (unpaired) electrons. The topological polar surface area (TPSA) is 58.1 Å². The minimum atomic E-state index is 0. The highest BCUT2D eigenvalue weighted by Crippen LogP contribution is 2.32. The van der Waals surface area contributed by atoms with Gasteiger partial charge < -0.3 is 25.0 Å². The molecule has 6 nitrogen and oxygen atoms in total. The Bertz CT molecular complexity index is 755. The minimum Gasteiger partial charge on any atom is -0.490 e. The molecule has 3 rings (SSSR count). The van der Waals surface area contributed by atoms with Crippen LogP contribution in [0.2, 0.25) is 0 Å². The average Bonchev–Trinajstić information content (AvgIpc) is 3.11. The monoisotopic (exact) mass is 530 g/mol. The van der Waals surface area contributed by atoms with Gasteiger partial charge in [0.2, 0.25) is 0 Å². The number of nitrogens with zero attached hydrogens (tertiary/aromatic N) is 2. The first-order chi connectivity index (χ1) is 13.7. The number of likely N-dealkylation sites (N-methyl/N-ethyl adjacent to an activating group) is 1. The van der Waals surface area contributed by atoms with E-state index in [-0.39, 0.29) is 24.0 Å². The number of ether oxygens (including phenoxy) is 2. The second-order valence-electron chi connectivity index (χ2n) is 6.72. The Morgan fingerprint density at radius 2 is 2.03 bits per heavy atom. The average molecular weight is 530 g/mol. The van der Waals surface area contributed by atoms with Crippen molar-refractivity contribution in [1.82, 2.24) is 10.2 Å². The van der Waals surface area contributed by atoms with Crippen LogP contribution in [0, 0.1) is 0 Å². The molecular formula is C21H31IN4O2S. The third-order valence-electron chi connectivity index (χ3n) is 4.55. The van der Waals surface area contributed by atoms with Crippen molar-refractivity contribution in [2.24, 2.45) is 4.99 Å². The van der Waals surface area contributed by atoms with Gasteiger partial charge in [-0.15, -0.1) is 35.3 Å². The van der Waals surface area contributed by atoms with Crippen LogP contribution < -0.4 is 20.1 Å². The number of hydrogen-bond acceptors (Lipinski definition) is 5. The fourth-order valence-corrected chi connectivity index (χ4v) is 3.48. The summed E-state index contributed by atoms with van der Waals surface area (Å²) in [5.41, 5.74) is 0.940. The molecule has 1 aromatic carbocycles. The summed E-state index contributed by atoms with van der Waals surface area (Å²) in [4.78, 5) is 8.36. The van der Waals surface area contributed by atoms with Gasteiger partial charge in [-0.2, -0.15) is 0 Å². The molecule has 29 heavy (non-hydrogen) atoms. The summed E-state index contributed by atoms with van der Waals surface area (Å²) in [6, 6.07) is 10.2. The van der Waals surface area contributed by atoms with Crippen molar-refractivity contribution in [3.8, 4) is 11.5 Å². The van der Waals surface area contributed by atoms with E-state index in [1.54, 1.807) is 11.3 Å². The summed E-state index contributed by atoms with van der Waals surface area (Å²) in [5, 5.41) is 8.97. The standard InChI is InChI=1S/C21H30N4O2S.HI/c1-3-25(2)12-11-23-21(22-10-9-18-6-4-15-28-18)24-17-7-8-19-20(16-17)27-14-5-13-26-19;/h4,6-8,15-16H,3,5,9-14H2,1-2H3,(H2,22,23,24);1H. The molecule has 0 saturated heterocycles. The summed E-state index contributed by atoms with van der Waals surface area (Å²) >= 11 is 1.78. The number of halogens is 1. The second kappa shape index (κ2) is 12.9. The molecular weight excluding hydrogens is 499 g/mol. The maximum atomic E-state index is 5.80. The lowest BCUT2D eigenvalue weighted by atomic mass is 10.2. The summed E-state index contributed by atoms with van der Waals surface area (Å²) in [7, 11) is 2.11. The zero-order valence-electron chi connectivity index (χ0n) is 17.1. The summed E-state index contributed by atoms with van der Waals surface area (Å²) in [6.45, 7) is 7.05. The fourth-order valence-electron chi connectivity index (χ4n) is 2.77. The number of nitrogens with one attached hydrogen (secondary N) is 2. The maximum Gasteiger partial charge on any atom is 0.195 e. The van der Waals surface area contributed by atoms with E-state index in [2.05, 4.69) is 47.0 Å². The fraction of sp³-hybridized carbons (Fsp3) is 0.476. The Kier molecular flexibility index (Phi) is 10.6. The van der Waals surface area contributed by atoms with Crippen LogP contribution in [0.15, 0.2) is 40.7 Å². The lowest BCUT2D eigenvalue weighted by Crippen LogP contribution is -2.33. The molecule has 2 N–H and O–H groups in total. The first-order valence-electron chi connectivity index (χ1n) is 9.90. The van der Waals surface area contributed by atoms with Crippen molar-refractivity contribution >= 4 is 47.0 Å². The van der Waals surface area contributed by atoms with Crippen molar-refractivity contribution in [3.63, 3.8) is 0 Å². The Hall–Kier alpha value is -1.52. The predicted molar refractivity (Wildman–Crippen MR) is 133 cm³/mol. The zero-order valence-corrected chi connectivity index (χ0v) is 20.3. The Labute approximate surface area is 194 Å². The number of thiophene rings is 1. The Morgan fingerprint density at radius 1 is 1.21 bits per heavy atom. The van der Waals surface area contributed by atoms with Gasteiger partial charge in [0.15, 0.2) is 17.5 Å². The molecule has 0 amide bonds. The van der Waals surface area contributed by atoms with E-state index in [1.165, 1.54) is 4.88 Å². The second-order valence-corrected chi connectivity index (χ2v) is 7.75. The lowest BCUT2D eigenvalue weighted by Gasteiger charge is -2.16. The zero-order chi connectivity index (χ0) is 19.6. The van der Waals surface area contributed by atoms with Crippen LogP contribution in [0.25, 0.3) is 0 Å². The van der Waals surface area contributed by atoms with E-state index >= 15 is 0 Å². The number of guanidine groups is 1. The molecule has 1 aromatic heterocycles. The number of benzene rings is 1. The summed E-state index contributed by atoms with van der Waals surface area (Å²) in [5.74, 6) is 2.37. The van der Waals surface area contributed by atoms with Gasteiger partial charge in [-0.25, -0.2) is 0 Å². The predicted octanol–water partition coefficient (Wildman–Crippen LogP) is 4.08. The van der Waals surface area contributed by atoms with E-state index in [4.69, 9.17) is 14.5 Å². The van der Waals surface area contributed by atoms with Crippen LogP contribution in [0.4, 0.5) is 5.69 Å². The number of hydrogen-bond donors (Lipinski definition) is 2. The van der Waals surface area contributed by atoms with Crippen LogP contribution in [-0.2, 0) is 6.42 Å². The van der Waals surface area contributed by atoms with E-state index in [1.807, 2.05) is 18.2 Å². The molecule has 0 aliphatic carbocycles. The molecule has 0 atom stereocenters. The first kappa shape index (κ1) is 23.8. The molecule has 0 bridgehead atoms. The van der Waals surface area contributed by atoms with Gasteiger partial charge in [0.1, 0.15) is 0 Å². The molecule has 2 heterocycles. The van der Waals surface area contributed by atoms with Crippen LogP contribution in [-0.4, -0.2) is 57.3 Å². The molecule has 1 aliphatic rings. The number of anilines is 1. The van der Waals surface area contributed by atoms with Crippen LogP contribution in [0.1, 0.15) is 18.2 Å². The smallest absolute Gasteiger partial charge is 0.195 e. The van der Waals surface area contributed by atoms with Gasteiger partial charge in [-0.05, 0) is 43.6 Å². The van der Waals surface area contributed by atoms with Crippen LogP contribution in [0.5, 0.6) is 11.5 Å². The highest BCUT2D eigenvalue weighted by Gasteiger charge is 2.11. The van der Waals surface area contributed by atoms with E-state index in [0.29, 0.717) is 13.2 Å². The third kappa shape index (κ3) is 8.02. The van der Waals surface area contributed by atoms with Crippen LogP contribution >= 0.6 is 35.3 Å². The number of aliphatic imine (C=N–C) groups is 1. The molecule has 0 saturated carbocycles. The molecule has 1 aliphatic heterocycles. The summed E-state index contributed by atoms with van der Waals surface area (Å²) < 4.78 is 11.5. The highest BCUT2D eigenvalue weighted by atomic mass is 127. The third-order valence-corrected chi connectivity index (χ3v) is 5.48.